The maximum atomic E-state index is 12.4. The van der Waals surface area contributed by atoms with Crippen LogP contribution < -0.4 is 9.46 Å². The Morgan fingerprint density at radius 3 is 2.37 bits per heavy atom. The number of sulfonamides is 1. The molecule has 27 heavy (non-hydrogen) atoms. The highest BCUT2D eigenvalue weighted by atomic mass is 32.2. The van der Waals surface area contributed by atoms with Crippen LogP contribution in [0.3, 0.4) is 0 Å². The van der Waals surface area contributed by atoms with Gasteiger partial charge in [-0.3, -0.25) is 4.90 Å². The summed E-state index contributed by atoms with van der Waals surface area (Å²) >= 11 is 1.99. The maximum Gasteiger partial charge on any atom is 0.573 e. The lowest BCUT2D eigenvalue weighted by Gasteiger charge is -2.35. The van der Waals surface area contributed by atoms with E-state index in [2.05, 4.69) is 14.4 Å². The van der Waals surface area contributed by atoms with E-state index in [0.29, 0.717) is 12.6 Å². The molecule has 0 spiro atoms. The Morgan fingerprint density at radius 1 is 1.15 bits per heavy atom. The molecule has 0 saturated carbocycles. The Balaban J connectivity index is 1.48. The average Bonchev–Trinajstić information content (AvgIpc) is 3.14. The normalized spacial score (nSPS) is 22.9. The molecule has 1 N–H and O–H groups in total. The number of piperidine rings is 1. The number of thioether (sulfide) groups is 1. The van der Waals surface area contributed by atoms with Crippen molar-refractivity contribution in [2.24, 2.45) is 5.92 Å². The van der Waals surface area contributed by atoms with Crippen LogP contribution in [-0.4, -0.2) is 56.9 Å². The smallest absolute Gasteiger partial charge is 0.406 e. The quantitative estimate of drug-likeness (QED) is 0.761. The first-order valence-electron chi connectivity index (χ1n) is 8.90. The summed E-state index contributed by atoms with van der Waals surface area (Å²) in [6.07, 6.45) is -1.68. The molecule has 10 heteroatoms. The highest BCUT2D eigenvalue weighted by Crippen LogP contribution is 2.27. The van der Waals surface area contributed by atoms with E-state index in [4.69, 9.17) is 0 Å². The van der Waals surface area contributed by atoms with Crippen LogP contribution >= 0.6 is 11.8 Å². The highest BCUT2D eigenvalue weighted by Gasteiger charge is 2.31. The fourth-order valence-electron chi connectivity index (χ4n) is 3.46. The summed E-state index contributed by atoms with van der Waals surface area (Å²) in [7, 11) is -3.75. The van der Waals surface area contributed by atoms with E-state index in [1.807, 2.05) is 11.8 Å². The minimum Gasteiger partial charge on any atom is -0.406 e. The largest absolute Gasteiger partial charge is 0.573 e. The number of hydrogen-bond donors (Lipinski definition) is 1. The summed E-state index contributed by atoms with van der Waals surface area (Å²) in [5.41, 5.74) is 0. The Bertz CT molecular complexity index is 712. The van der Waals surface area contributed by atoms with Crippen LogP contribution in [0, 0.1) is 5.92 Å². The zero-order chi connectivity index (χ0) is 19.5. The second kappa shape index (κ2) is 8.59. The number of ether oxygens (including phenoxy) is 1. The fraction of sp³-hybridized carbons (Fsp3) is 0.647. The predicted molar refractivity (Wildman–Crippen MR) is 98.3 cm³/mol. The van der Waals surface area contributed by atoms with E-state index in [-0.39, 0.29) is 10.8 Å². The number of rotatable bonds is 6. The molecule has 0 amide bonds. The third-order valence-corrected chi connectivity index (χ3v) is 7.59. The molecule has 1 aromatic rings. The first kappa shape index (κ1) is 20.8. The van der Waals surface area contributed by atoms with Crippen molar-refractivity contribution in [3.63, 3.8) is 0 Å². The van der Waals surface area contributed by atoms with Crippen molar-refractivity contribution in [2.45, 2.75) is 36.6 Å². The van der Waals surface area contributed by atoms with Crippen LogP contribution in [0.4, 0.5) is 13.2 Å². The van der Waals surface area contributed by atoms with Gasteiger partial charge in [0.15, 0.2) is 0 Å². The lowest BCUT2D eigenvalue weighted by molar-refractivity contribution is -0.274. The number of nitrogens with zero attached hydrogens (tertiary/aromatic N) is 1. The third kappa shape index (κ3) is 6.00. The molecule has 0 aromatic heterocycles. The van der Waals surface area contributed by atoms with Gasteiger partial charge < -0.3 is 4.74 Å². The van der Waals surface area contributed by atoms with E-state index in [1.165, 1.54) is 17.9 Å². The molecule has 0 radical (unpaired) electrons. The summed E-state index contributed by atoms with van der Waals surface area (Å²) in [5.74, 6) is 2.24. The van der Waals surface area contributed by atoms with Crippen LogP contribution in [-0.2, 0) is 10.0 Å². The summed E-state index contributed by atoms with van der Waals surface area (Å²) in [5, 5.41) is 0. The second-order valence-electron chi connectivity index (χ2n) is 6.87. The van der Waals surface area contributed by atoms with Crippen LogP contribution in [0.2, 0.25) is 0 Å². The summed E-state index contributed by atoms with van der Waals surface area (Å²) in [6, 6.07) is 4.89. The van der Waals surface area contributed by atoms with Crippen molar-refractivity contribution in [1.29, 1.82) is 0 Å². The van der Waals surface area contributed by atoms with Gasteiger partial charge in [0.05, 0.1) is 4.90 Å². The molecule has 152 valence electrons. The first-order chi connectivity index (χ1) is 12.7. The summed E-state index contributed by atoms with van der Waals surface area (Å²) in [6.45, 7) is 2.32. The zero-order valence-corrected chi connectivity index (χ0v) is 16.4. The van der Waals surface area contributed by atoms with Gasteiger partial charge in [0.2, 0.25) is 10.0 Å². The molecule has 0 aliphatic carbocycles. The van der Waals surface area contributed by atoms with E-state index in [0.717, 1.165) is 50.2 Å². The molecule has 2 heterocycles. The van der Waals surface area contributed by atoms with Gasteiger partial charge in [-0.2, -0.15) is 11.8 Å². The number of alkyl halides is 3. The Morgan fingerprint density at radius 2 is 1.81 bits per heavy atom. The van der Waals surface area contributed by atoms with E-state index < -0.39 is 22.1 Å². The zero-order valence-electron chi connectivity index (χ0n) is 14.7. The minimum absolute atomic E-state index is 0.0718. The predicted octanol–water partition coefficient (Wildman–Crippen LogP) is 3.08. The highest BCUT2D eigenvalue weighted by molar-refractivity contribution is 7.99. The van der Waals surface area contributed by atoms with Crippen molar-refractivity contribution in [1.82, 2.24) is 9.62 Å². The van der Waals surface area contributed by atoms with Gasteiger partial charge in [0, 0.05) is 18.3 Å². The van der Waals surface area contributed by atoms with Gasteiger partial charge in [-0.15, -0.1) is 13.2 Å². The van der Waals surface area contributed by atoms with Crippen LogP contribution in [0.25, 0.3) is 0 Å². The molecule has 0 bridgehead atoms. The monoisotopic (exact) mass is 424 g/mol. The Labute approximate surface area is 161 Å². The van der Waals surface area contributed by atoms with Gasteiger partial charge in [-0.05, 0) is 68.3 Å². The SMILES string of the molecule is O=S(=O)(NCC1CCN([C@H]2CCSC2)CC1)c1ccc(OC(F)(F)F)cc1. The Kier molecular flexibility index (Phi) is 6.60. The molecule has 1 atom stereocenters. The molecule has 0 unspecified atom stereocenters. The molecule has 2 aliphatic heterocycles. The van der Waals surface area contributed by atoms with Crippen molar-refractivity contribution < 1.29 is 26.3 Å². The van der Waals surface area contributed by atoms with Crippen LogP contribution in [0.5, 0.6) is 5.75 Å². The Hall–Kier alpha value is -0.970. The number of nitrogens with one attached hydrogen (secondary N) is 1. The van der Waals surface area contributed by atoms with Crippen molar-refractivity contribution in [2.75, 3.05) is 31.1 Å². The van der Waals surface area contributed by atoms with Gasteiger partial charge in [0.1, 0.15) is 5.75 Å². The summed E-state index contributed by atoms with van der Waals surface area (Å²) in [4.78, 5) is 2.43. The van der Waals surface area contributed by atoms with Gasteiger partial charge in [-0.1, -0.05) is 0 Å². The lowest BCUT2D eigenvalue weighted by Crippen LogP contribution is -2.43. The van der Waals surface area contributed by atoms with Crippen LogP contribution in [0.1, 0.15) is 19.3 Å². The van der Waals surface area contributed by atoms with Crippen molar-refractivity contribution in [3.8, 4) is 5.75 Å². The lowest BCUT2D eigenvalue weighted by atomic mass is 9.96. The molecule has 3 rings (SSSR count). The molecular formula is C17H23F3N2O3S2. The van der Waals surface area contributed by atoms with Crippen molar-refractivity contribution >= 4 is 21.8 Å². The third-order valence-electron chi connectivity index (χ3n) is 5.00. The van der Waals surface area contributed by atoms with Gasteiger partial charge in [0.25, 0.3) is 0 Å². The van der Waals surface area contributed by atoms with E-state index >= 15 is 0 Å². The standard InChI is InChI=1S/C17H23F3N2O3S2/c18-17(19,20)25-15-1-3-16(4-2-15)27(23,24)21-11-13-5-8-22(9-6-13)14-7-10-26-12-14/h1-4,13-14,21H,5-12H2/t14-/m0/s1. The average molecular weight is 425 g/mol. The molecule has 1 aromatic carbocycles. The van der Waals surface area contributed by atoms with Gasteiger partial charge >= 0.3 is 6.36 Å². The maximum absolute atomic E-state index is 12.4. The number of hydrogen-bond acceptors (Lipinski definition) is 5. The molecule has 2 saturated heterocycles. The minimum atomic E-state index is -4.80. The van der Waals surface area contributed by atoms with E-state index in [1.54, 1.807) is 0 Å². The topological polar surface area (TPSA) is 58.6 Å². The van der Waals surface area contributed by atoms with E-state index in [9.17, 15) is 21.6 Å². The second-order valence-corrected chi connectivity index (χ2v) is 9.78. The molecule has 2 aliphatic rings. The molecular weight excluding hydrogens is 401 g/mol. The molecule has 5 nitrogen and oxygen atoms in total. The van der Waals surface area contributed by atoms with Gasteiger partial charge in [-0.25, -0.2) is 13.1 Å². The first-order valence-corrected chi connectivity index (χ1v) is 11.5. The van der Waals surface area contributed by atoms with Crippen molar-refractivity contribution in [3.05, 3.63) is 24.3 Å². The fourth-order valence-corrected chi connectivity index (χ4v) is 5.83. The number of halogens is 3. The number of likely N-dealkylation sites (tertiary alicyclic amines) is 1. The van der Waals surface area contributed by atoms with Crippen LogP contribution in [0.15, 0.2) is 29.2 Å². The summed E-state index contributed by atoms with van der Waals surface area (Å²) < 4.78 is 67.6. The number of benzene rings is 1. The molecule has 2 fully saturated rings.